The minimum Gasteiger partial charge on any atom is -0.337 e. The molecule has 46 heavy (non-hydrogen) atoms. The van der Waals surface area contributed by atoms with Crippen LogP contribution in [0.3, 0.4) is 0 Å². The fourth-order valence-corrected chi connectivity index (χ4v) is 9.05. The van der Waals surface area contributed by atoms with Gasteiger partial charge in [0.25, 0.3) is 0 Å². The third-order valence-electron chi connectivity index (χ3n) is 11.2. The number of rotatable bonds is 2. The Kier molecular flexibility index (Phi) is 4.94. The van der Waals surface area contributed by atoms with E-state index in [4.69, 9.17) is 0 Å². The van der Waals surface area contributed by atoms with E-state index in [2.05, 4.69) is 143 Å². The van der Waals surface area contributed by atoms with Gasteiger partial charge in [0.2, 0.25) is 0 Å². The number of nitrogens with zero attached hydrogens (tertiary/aromatic N) is 2. The molecule has 8 aromatic rings. The molecule has 0 spiro atoms. The lowest BCUT2D eigenvalue weighted by atomic mass is 9.86. The molecule has 0 saturated heterocycles. The van der Waals surface area contributed by atoms with Gasteiger partial charge in [-0.3, -0.25) is 0 Å². The van der Waals surface area contributed by atoms with E-state index in [1.807, 2.05) is 0 Å². The minimum absolute atomic E-state index is 0.411. The van der Waals surface area contributed by atoms with Crippen molar-refractivity contribution in [1.82, 2.24) is 9.13 Å². The van der Waals surface area contributed by atoms with Crippen molar-refractivity contribution in [3.8, 4) is 16.8 Å². The molecule has 3 aliphatic rings. The number of hydrogen-bond acceptors (Lipinski definition) is 0. The predicted molar refractivity (Wildman–Crippen MR) is 194 cm³/mol. The van der Waals surface area contributed by atoms with Gasteiger partial charge < -0.3 is 9.13 Å². The van der Waals surface area contributed by atoms with Crippen molar-refractivity contribution in [3.05, 3.63) is 144 Å². The minimum atomic E-state index is 0.411. The maximum absolute atomic E-state index is 2.61. The Morgan fingerprint density at radius 3 is 2.26 bits per heavy atom. The van der Waals surface area contributed by atoms with Crippen LogP contribution in [0.25, 0.3) is 77.1 Å². The lowest BCUT2D eigenvalue weighted by molar-refractivity contribution is 0.485. The zero-order chi connectivity index (χ0) is 29.9. The lowest BCUT2D eigenvalue weighted by Gasteiger charge is -2.22. The largest absolute Gasteiger partial charge is 0.337 e. The van der Waals surface area contributed by atoms with Crippen LogP contribution in [0.1, 0.15) is 54.5 Å². The maximum atomic E-state index is 2.61. The number of hydrogen-bond donors (Lipinski definition) is 0. The summed E-state index contributed by atoms with van der Waals surface area (Å²) < 4.78 is 5.18. The van der Waals surface area contributed by atoms with Crippen molar-refractivity contribution in [1.29, 1.82) is 0 Å². The van der Waals surface area contributed by atoms with Crippen molar-refractivity contribution in [2.24, 2.45) is 0 Å². The summed E-state index contributed by atoms with van der Waals surface area (Å²) in [7, 11) is 0. The second kappa shape index (κ2) is 9.11. The molecule has 0 amide bonds. The standard InChI is InChI=1S/C44H32N2/c1-2-11-33(12-3-1)45-40-16-7-6-13-34(40)37-23-30(19-20-41(37)45)29-17-18-31-24-39-36-15-8-14-35-38-22-27-9-4-5-10-28(27)25-42(38)46(44(35)36)43(39)26-32(31)21-29/h1-2,4-10,13-14,16-26,33,36H,3,11-12,15H2. The van der Waals surface area contributed by atoms with Gasteiger partial charge in [0, 0.05) is 50.4 Å². The summed E-state index contributed by atoms with van der Waals surface area (Å²) in [5.41, 5.74) is 12.3. The molecule has 218 valence electrons. The molecule has 6 aromatic carbocycles. The monoisotopic (exact) mass is 588 g/mol. The van der Waals surface area contributed by atoms with Crippen LogP contribution in [0, 0.1) is 0 Å². The highest BCUT2D eigenvalue weighted by molar-refractivity contribution is 6.10. The Balaban J connectivity index is 1.09. The van der Waals surface area contributed by atoms with Gasteiger partial charge in [-0.05, 0) is 112 Å². The van der Waals surface area contributed by atoms with E-state index in [9.17, 15) is 0 Å². The summed E-state index contributed by atoms with van der Waals surface area (Å²) in [5.74, 6) is 0.411. The first-order chi connectivity index (χ1) is 22.8. The van der Waals surface area contributed by atoms with E-state index in [-0.39, 0.29) is 0 Å². The fraction of sp³-hybridized carbons (Fsp3) is 0.136. The molecule has 0 bridgehead atoms. The van der Waals surface area contributed by atoms with Gasteiger partial charge in [-0.25, -0.2) is 0 Å². The van der Waals surface area contributed by atoms with Crippen LogP contribution in [0.15, 0.2) is 127 Å². The zero-order valence-electron chi connectivity index (χ0n) is 25.6. The van der Waals surface area contributed by atoms with E-state index in [0.717, 1.165) is 19.3 Å². The number of allylic oxidation sites excluding steroid dienone is 3. The average Bonchev–Trinajstić information content (AvgIpc) is 3.74. The highest BCUT2D eigenvalue weighted by atomic mass is 15.0. The molecule has 0 saturated carbocycles. The maximum Gasteiger partial charge on any atom is 0.0544 e. The van der Waals surface area contributed by atoms with Crippen molar-refractivity contribution in [2.75, 3.05) is 0 Å². The molecular weight excluding hydrogens is 556 g/mol. The van der Waals surface area contributed by atoms with Crippen LogP contribution in [0.5, 0.6) is 0 Å². The second-order valence-corrected chi connectivity index (χ2v) is 13.6. The van der Waals surface area contributed by atoms with Crippen LogP contribution < -0.4 is 0 Å². The van der Waals surface area contributed by atoms with Gasteiger partial charge in [0.05, 0.1) is 11.2 Å². The Morgan fingerprint density at radius 1 is 0.543 bits per heavy atom. The van der Waals surface area contributed by atoms with Gasteiger partial charge in [0.1, 0.15) is 0 Å². The summed E-state index contributed by atoms with van der Waals surface area (Å²) in [6.07, 6.45) is 14.0. The van der Waals surface area contributed by atoms with E-state index in [0.29, 0.717) is 12.0 Å². The highest BCUT2D eigenvalue weighted by Crippen LogP contribution is 2.50. The van der Waals surface area contributed by atoms with E-state index in [1.165, 1.54) is 94.3 Å². The predicted octanol–water partition coefficient (Wildman–Crippen LogP) is 11.9. The summed E-state index contributed by atoms with van der Waals surface area (Å²) in [6.45, 7) is 0. The van der Waals surface area contributed by atoms with Gasteiger partial charge >= 0.3 is 0 Å². The van der Waals surface area contributed by atoms with Crippen LogP contribution in [-0.4, -0.2) is 9.13 Å². The molecule has 0 N–H and O–H groups in total. The molecule has 3 heterocycles. The SMILES string of the molecule is C1=CCC(n2c3ccccc3c3cc(-c4ccc5cc6c(cc5c4)-n4c5c(c7cc8ccccc8cc74)C=CCC65)ccc32)CC1. The first-order valence-electron chi connectivity index (χ1n) is 16.8. The molecule has 0 radical (unpaired) electrons. The van der Waals surface area contributed by atoms with Gasteiger partial charge in [-0.1, -0.05) is 85.0 Å². The fourth-order valence-electron chi connectivity index (χ4n) is 9.05. The number of aromatic nitrogens is 2. The molecule has 2 heteroatoms. The van der Waals surface area contributed by atoms with E-state index in [1.54, 1.807) is 0 Å². The van der Waals surface area contributed by atoms with Crippen LogP contribution >= 0.6 is 0 Å². The van der Waals surface area contributed by atoms with Crippen molar-refractivity contribution in [2.45, 2.75) is 37.6 Å². The summed E-state index contributed by atoms with van der Waals surface area (Å²) in [5, 5.41) is 9.31. The first kappa shape index (κ1) is 24.9. The summed E-state index contributed by atoms with van der Waals surface area (Å²) >= 11 is 0. The number of benzene rings is 6. The third kappa shape index (κ3) is 3.31. The molecule has 11 rings (SSSR count). The summed E-state index contributed by atoms with van der Waals surface area (Å²) in [4.78, 5) is 0. The molecule has 2 aromatic heterocycles. The lowest BCUT2D eigenvalue weighted by Crippen LogP contribution is -2.09. The van der Waals surface area contributed by atoms with Crippen LogP contribution in [0.4, 0.5) is 0 Å². The highest BCUT2D eigenvalue weighted by Gasteiger charge is 2.35. The Hall–Kier alpha value is -5.34. The average molecular weight is 589 g/mol. The van der Waals surface area contributed by atoms with Crippen LogP contribution in [0.2, 0.25) is 0 Å². The molecule has 1 aliphatic heterocycles. The molecule has 0 fully saturated rings. The van der Waals surface area contributed by atoms with E-state index < -0.39 is 0 Å². The Morgan fingerprint density at radius 2 is 1.35 bits per heavy atom. The second-order valence-electron chi connectivity index (χ2n) is 13.6. The molecule has 2 atom stereocenters. The van der Waals surface area contributed by atoms with Gasteiger partial charge in [-0.2, -0.15) is 0 Å². The molecule has 2 unspecified atom stereocenters. The first-order valence-corrected chi connectivity index (χ1v) is 16.8. The van der Waals surface area contributed by atoms with Crippen molar-refractivity contribution >= 4 is 60.3 Å². The van der Waals surface area contributed by atoms with E-state index >= 15 is 0 Å². The zero-order valence-corrected chi connectivity index (χ0v) is 25.6. The quantitative estimate of drug-likeness (QED) is 0.178. The van der Waals surface area contributed by atoms with Crippen molar-refractivity contribution in [3.63, 3.8) is 0 Å². The number of fused-ring (bicyclic) bond motifs is 11. The van der Waals surface area contributed by atoms with Gasteiger partial charge in [0.15, 0.2) is 0 Å². The summed E-state index contributed by atoms with van der Waals surface area (Å²) in [6, 6.07) is 42.2. The Labute approximate surface area is 267 Å². The smallest absolute Gasteiger partial charge is 0.0544 e. The Bertz CT molecular complexity index is 2660. The van der Waals surface area contributed by atoms with Crippen LogP contribution in [-0.2, 0) is 0 Å². The third-order valence-corrected chi connectivity index (χ3v) is 11.2. The molecular formula is C44H32N2. The topological polar surface area (TPSA) is 9.86 Å². The van der Waals surface area contributed by atoms with Gasteiger partial charge in [-0.15, -0.1) is 0 Å². The normalized spacial score (nSPS) is 18.3. The molecule has 2 aliphatic carbocycles. The number of para-hydroxylation sites is 1. The van der Waals surface area contributed by atoms with Crippen molar-refractivity contribution < 1.29 is 0 Å². The molecule has 2 nitrogen and oxygen atoms in total.